The van der Waals surface area contributed by atoms with E-state index in [-0.39, 0.29) is 5.41 Å². The lowest BCUT2D eigenvalue weighted by atomic mass is 9.90. The number of carbonyl (C=O) groups is 1. The minimum atomic E-state index is -0.310. The molecule has 1 unspecified atom stereocenters. The van der Waals surface area contributed by atoms with Gasteiger partial charge in [0.15, 0.2) is 0 Å². The van der Waals surface area contributed by atoms with E-state index < -0.39 is 0 Å². The van der Waals surface area contributed by atoms with Gasteiger partial charge in [-0.05, 0) is 62.3 Å². The van der Waals surface area contributed by atoms with Gasteiger partial charge >= 0.3 is 0 Å². The topological polar surface area (TPSA) is 45.3 Å². The van der Waals surface area contributed by atoms with Gasteiger partial charge in [-0.2, -0.15) is 0 Å². The van der Waals surface area contributed by atoms with Gasteiger partial charge in [-0.25, -0.2) is 0 Å². The molecule has 2 aliphatic rings. The number of rotatable bonds is 4. The number of methoxy groups -OCH3 is 1. The first-order chi connectivity index (χ1) is 11.7. The van der Waals surface area contributed by atoms with Crippen LogP contribution in [0.3, 0.4) is 0 Å². The maximum atomic E-state index is 13.4. The van der Waals surface area contributed by atoms with Crippen molar-refractivity contribution in [3.63, 3.8) is 0 Å². The molecule has 1 aliphatic heterocycles. The second kappa shape index (κ2) is 5.83. The zero-order chi connectivity index (χ0) is 16.7. The highest BCUT2D eigenvalue weighted by atomic mass is 16.5. The van der Waals surface area contributed by atoms with E-state index in [2.05, 4.69) is 22.9 Å². The van der Waals surface area contributed by atoms with Crippen molar-refractivity contribution in [2.45, 2.75) is 56.9 Å². The van der Waals surface area contributed by atoms with Crippen LogP contribution in [0.2, 0.25) is 0 Å². The van der Waals surface area contributed by atoms with Crippen LogP contribution in [0.5, 0.6) is 5.75 Å². The van der Waals surface area contributed by atoms with E-state index in [4.69, 9.17) is 4.74 Å². The standard InChI is InChI=1S/C20H26N2O2/c1-3-14-6-4-5-11-22(14)19(23)20(9-10-20)17-13-21-18-8-7-15(24-2)12-16(17)18/h7-8,12-14,21H,3-6,9-11H2,1-2H3. The minimum Gasteiger partial charge on any atom is -0.497 e. The van der Waals surface area contributed by atoms with Gasteiger partial charge in [-0.1, -0.05) is 6.92 Å². The molecule has 2 aromatic rings. The molecule has 4 heteroatoms. The van der Waals surface area contributed by atoms with E-state index in [9.17, 15) is 4.79 Å². The number of amides is 1. The van der Waals surface area contributed by atoms with Gasteiger partial charge in [0.1, 0.15) is 5.75 Å². The number of carbonyl (C=O) groups excluding carboxylic acids is 1. The molecule has 2 heterocycles. The number of aromatic nitrogens is 1. The van der Waals surface area contributed by atoms with Crippen LogP contribution in [-0.2, 0) is 10.2 Å². The summed E-state index contributed by atoms with van der Waals surface area (Å²) in [6.07, 6.45) is 8.56. The van der Waals surface area contributed by atoms with Crippen LogP contribution >= 0.6 is 0 Å². The van der Waals surface area contributed by atoms with Crippen LogP contribution in [0.4, 0.5) is 0 Å². The molecule has 1 saturated carbocycles. The van der Waals surface area contributed by atoms with Crippen LogP contribution in [-0.4, -0.2) is 35.5 Å². The first-order valence-corrected chi connectivity index (χ1v) is 9.16. The molecule has 0 radical (unpaired) electrons. The molecule has 0 spiro atoms. The quantitative estimate of drug-likeness (QED) is 0.923. The summed E-state index contributed by atoms with van der Waals surface area (Å²) in [6, 6.07) is 6.47. The molecule has 1 aromatic carbocycles. The first kappa shape index (κ1) is 15.6. The molecule has 1 aliphatic carbocycles. The van der Waals surface area contributed by atoms with Crippen molar-refractivity contribution in [2.75, 3.05) is 13.7 Å². The summed E-state index contributed by atoms with van der Waals surface area (Å²) >= 11 is 0. The van der Waals surface area contributed by atoms with E-state index in [0.29, 0.717) is 11.9 Å². The number of nitrogens with one attached hydrogen (secondary N) is 1. The summed E-state index contributed by atoms with van der Waals surface area (Å²) in [7, 11) is 1.69. The number of fused-ring (bicyclic) bond motifs is 1. The Labute approximate surface area is 143 Å². The lowest BCUT2D eigenvalue weighted by Gasteiger charge is -2.37. The maximum Gasteiger partial charge on any atom is 0.233 e. The lowest BCUT2D eigenvalue weighted by molar-refractivity contribution is -0.137. The molecule has 1 amide bonds. The maximum absolute atomic E-state index is 13.4. The predicted molar refractivity (Wildman–Crippen MR) is 95.4 cm³/mol. The van der Waals surface area contributed by atoms with E-state index >= 15 is 0 Å². The summed E-state index contributed by atoms with van der Waals surface area (Å²) in [4.78, 5) is 18.9. The summed E-state index contributed by atoms with van der Waals surface area (Å²) in [5.41, 5.74) is 1.92. The Morgan fingerprint density at radius 2 is 2.21 bits per heavy atom. The normalized spacial score (nSPS) is 22.6. The lowest BCUT2D eigenvalue weighted by Crippen LogP contribution is -2.48. The number of aromatic amines is 1. The Balaban J connectivity index is 1.71. The molecule has 2 fully saturated rings. The highest BCUT2D eigenvalue weighted by molar-refractivity contribution is 5.98. The van der Waals surface area contributed by atoms with Crippen molar-refractivity contribution in [3.8, 4) is 5.75 Å². The summed E-state index contributed by atoms with van der Waals surface area (Å²) in [5.74, 6) is 1.19. The van der Waals surface area contributed by atoms with Crippen molar-refractivity contribution in [1.82, 2.24) is 9.88 Å². The molecule has 4 nitrogen and oxygen atoms in total. The number of benzene rings is 1. The fraction of sp³-hybridized carbons (Fsp3) is 0.550. The summed E-state index contributed by atoms with van der Waals surface area (Å²) in [5, 5.41) is 1.13. The molecule has 128 valence electrons. The zero-order valence-electron chi connectivity index (χ0n) is 14.6. The van der Waals surface area contributed by atoms with Gasteiger partial charge in [0, 0.05) is 29.7 Å². The largest absolute Gasteiger partial charge is 0.497 e. The molecule has 0 bridgehead atoms. The third-order valence-electron chi connectivity index (χ3n) is 5.92. The Bertz CT molecular complexity index is 760. The molecule has 1 N–H and O–H groups in total. The summed E-state index contributed by atoms with van der Waals surface area (Å²) < 4.78 is 5.38. The van der Waals surface area contributed by atoms with Gasteiger partial charge < -0.3 is 14.6 Å². The highest BCUT2D eigenvalue weighted by Gasteiger charge is 2.55. The Hall–Kier alpha value is -1.97. The zero-order valence-corrected chi connectivity index (χ0v) is 14.6. The van der Waals surface area contributed by atoms with E-state index in [1.165, 1.54) is 6.42 Å². The second-order valence-corrected chi connectivity index (χ2v) is 7.25. The van der Waals surface area contributed by atoms with Crippen molar-refractivity contribution < 1.29 is 9.53 Å². The number of likely N-dealkylation sites (tertiary alicyclic amines) is 1. The van der Waals surface area contributed by atoms with Crippen molar-refractivity contribution in [2.24, 2.45) is 0 Å². The average molecular weight is 326 g/mol. The monoisotopic (exact) mass is 326 g/mol. The van der Waals surface area contributed by atoms with Crippen molar-refractivity contribution in [1.29, 1.82) is 0 Å². The molecule has 1 saturated heterocycles. The van der Waals surface area contributed by atoms with Gasteiger partial charge in [-0.15, -0.1) is 0 Å². The predicted octanol–water partition coefficient (Wildman–Crippen LogP) is 4.00. The average Bonchev–Trinajstić information content (AvgIpc) is 3.33. The number of nitrogens with zero attached hydrogens (tertiary/aromatic N) is 1. The number of hydrogen-bond donors (Lipinski definition) is 1. The number of piperidine rings is 1. The fourth-order valence-electron chi connectivity index (χ4n) is 4.31. The van der Waals surface area contributed by atoms with Crippen molar-refractivity contribution >= 4 is 16.8 Å². The van der Waals surface area contributed by atoms with Gasteiger partial charge in [0.2, 0.25) is 5.91 Å². The van der Waals surface area contributed by atoms with Crippen LogP contribution in [0.25, 0.3) is 10.9 Å². The smallest absolute Gasteiger partial charge is 0.233 e. The number of H-pyrrole nitrogens is 1. The molecule has 1 atom stereocenters. The third kappa shape index (κ3) is 2.31. The van der Waals surface area contributed by atoms with Gasteiger partial charge in [0.05, 0.1) is 12.5 Å². The second-order valence-electron chi connectivity index (χ2n) is 7.25. The molecular weight excluding hydrogens is 300 g/mol. The van der Waals surface area contributed by atoms with Crippen LogP contribution in [0, 0.1) is 0 Å². The minimum absolute atomic E-state index is 0.310. The Kier molecular flexibility index (Phi) is 3.78. The molecule has 4 rings (SSSR count). The fourth-order valence-corrected chi connectivity index (χ4v) is 4.31. The number of hydrogen-bond acceptors (Lipinski definition) is 2. The van der Waals surface area contributed by atoms with Crippen molar-refractivity contribution in [3.05, 3.63) is 30.0 Å². The van der Waals surface area contributed by atoms with E-state index in [1.807, 2.05) is 18.3 Å². The van der Waals surface area contributed by atoms with Gasteiger partial charge in [0.25, 0.3) is 0 Å². The Morgan fingerprint density at radius 3 is 2.92 bits per heavy atom. The van der Waals surface area contributed by atoms with Crippen LogP contribution in [0.1, 0.15) is 51.0 Å². The van der Waals surface area contributed by atoms with Crippen LogP contribution < -0.4 is 4.74 Å². The van der Waals surface area contributed by atoms with E-state index in [1.54, 1.807) is 7.11 Å². The summed E-state index contributed by atoms with van der Waals surface area (Å²) in [6.45, 7) is 3.12. The molecule has 24 heavy (non-hydrogen) atoms. The van der Waals surface area contributed by atoms with Gasteiger partial charge in [-0.3, -0.25) is 4.79 Å². The third-order valence-corrected chi connectivity index (χ3v) is 5.92. The first-order valence-electron chi connectivity index (χ1n) is 9.16. The number of ether oxygens (including phenoxy) is 1. The molecular formula is C20H26N2O2. The van der Waals surface area contributed by atoms with E-state index in [0.717, 1.165) is 60.9 Å². The Morgan fingerprint density at radius 1 is 1.38 bits per heavy atom. The molecule has 1 aromatic heterocycles. The highest BCUT2D eigenvalue weighted by Crippen LogP contribution is 2.52. The SMILES string of the molecule is CCC1CCCCN1C(=O)C1(c2c[nH]c3ccc(OC)cc23)CC1. The van der Waals surface area contributed by atoms with Crippen LogP contribution in [0.15, 0.2) is 24.4 Å².